The Hall–Kier alpha value is -3.71. The largest absolute Gasteiger partial charge is 0.469 e. The molecule has 7 nitrogen and oxygen atoms in total. The van der Waals surface area contributed by atoms with Crippen molar-refractivity contribution in [3.63, 3.8) is 0 Å². The van der Waals surface area contributed by atoms with Gasteiger partial charge in [0.1, 0.15) is 5.76 Å². The maximum atomic E-state index is 13.2. The molecule has 1 aliphatic heterocycles. The molecule has 0 aliphatic carbocycles. The highest BCUT2D eigenvalue weighted by Crippen LogP contribution is 2.25. The number of aryl methyl sites for hydroxylation is 2. The first kappa shape index (κ1) is 21.2. The molecule has 0 radical (unpaired) electrons. The van der Waals surface area contributed by atoms with Crippen molar-refractivity contribution in [2.24, 2.45) is 0 Å². The molecule has 1 aliphatic rings. The van der Waals surface area contributed by atoms with Gasteiger partial charge in [-0.15, -0.1) is 0 Å². The van der Waals surface area contributed by atoms with Gasteiger partial charge in [-0.25, -0.2) is 4.68 Å². The highest BCUT2D eigenvalue weighted by atomic mass is 16.3. The van der Waals surface area contributed by atoms with E-state index < -0.39 is 0 Å². The van der Waals surface area contributed by atoms with Gasteiger partial charge in [-0.2, -0.15) is 5.10 Å². The van der Waals surface area contributed by atoms with Crippen molar-refractivity contribution < 1.29 is 9.21 Å². The highest BCUT2D eigenvalue weighted by Gasteiger charge is 2.25. The summed E-state index contributed by atoms with van der Waals surface area (Å²) in [5.74, 6) is 0.626. The Morgan fingerprint density at radius 1 is 0.939 bits per heavy atom. The summed E-state index contributed by atoms with van der Waals surface area (Å²) in [5, 5.41) is 6.29. The minimum atomic E-state index is -0.103. The lowest BCUT2D eigenvalue weighted by Crippen LogP contribution is -2.50. The maximum Gasteiger partial charge on any atom is 0.275 e. The number of carbonyl (C=O) groups is 1. The molecule has 7 heteroatoms. The minimum Gasteiger partial charge on any atom is -0.469 e. The van der Waals surface area contributed by atoms with Gasteiger partial charge >= 0.3 is 0 Å². The van der Waals surface area contributed by atoms with Crippen LogP contribution in [0.15, 0.2) is 70.1 Å². The van der Waals surface area contributed by atoms with Crippen LogP contribution in [-0.4, -0.2) is 51.7 Å². The maximum absolute atomic E-state index is 13.2. The lowest BCUT2D eigenvalue weighted by atomic mass is 10.0. The number of fused-ring (bicyclic) bond motifs is 1. The topological polar surface area (TPSA) is 71.6 Å². The molecule has 0 spiro atoms. The molecule has 0 N–H and O–H groups in total. The van der Waals surface area contributed by atoms with E-state index in [1.165, 1.54) is 5.56 Å². The lowest BCUT2D eigenvalue weighted by molar-refractivity contribution is 0.0582. The Labute approximate surface area is 191 Å². The molecule has 0 saturated carbocycles. The van der Waals surface area contributed by atoms with E-state index in [2.05, 4.69) is 24.0 Å². The zero-order chi connectivity index (χ0) is 22.9. The van der Waals surface area contributed by atoms with Crippen LogP contribution in [0.1, 0.15) is 21.7 Å². The molecule has 4 aromatic rings. The smallest absolute Gasteiger partial charge is 0.275 e. The Bertz CT molecular complexity index is 1360. The van der Waals surface area contributed by atoms with E-state index in [1.54, 1.807) is 23.9 Å². The first-order valence-electron chi connectivity index (χ1n) is 11.1. The van der Waals surface area contributed by atoms with Gasteiger partial charge in [0, 0.05) is 37.1 Å². The third-order valence-electron chi connectivity index (χ3n) is 6.28. The van der Waals surface area contributed by atoms with Crippen molar-refractivity contribution in [1.29, 1.82) is 0 Å². The van der Waals surface area contributed by atoms with E-state index in [9.17, 15) is 9.59 Å². The van der Waals surface area contributed by atoms with Gasteiger partial charge in [0.25, 0.3) is 11.5 Å². The van der Waals surface area contributed by atoms with Gasteiger partial charge < -0.3 is 9.32 Å². The third-order valence-corrected chi connectivity index (χ3v) is 6.28. The summed E-state index contributed by atoms with van der Waals surface area (Å²) in [6.07, 6.45) is 1.54. The highest BCUT2D eigenvalue weighted by molar-refractivity contribution is 5.95. The molecule has 0 bridgehead atoms. The van der Waals surface area contributed by atoms with Crippen LogP contribution in [0, 0.1) is 13.8 Å². The third kappa shape index (κ3) is 4.07. The zero-order valence-electron chi connectivity index (χ0n) is 18.8. The first-order chi connectivity index (χ1) is 16.0. The van der Waals surface area contributed by atoms with Crippen LogP contribution in [0.4, 0.5) is 0 Å². The summed E-state index contributed by atoms with van der Waals surface area (Å²) in [6.45, 7) is 6.76. The van der Waals surface area contributed by atoms with Crippen molar-refractivity contribution in [2.75, 3.05) is 26.2 Å². The molecule has 3 heterocycles. The summed E-state index contributed by atoms with van der Waals surface area (Å²) < 4.78 is 6.83. The number of rotatable bonds is 4. The van der Waals surface area contributed by atoms with Crippen LogP contribution >= 0.6 is 0 Å². The van der Waals surface area contributed by atoms with Crippen molar-refractivity contribution in [2.45, 2.75) is 20.5 Å². The number of benzene rings is 2. The Balaban J connectivity index is 1.39. The van der Waals surface area contributed by atoms with E-state index >= 15 is 0 Å². The predicted molar refractivity (Wildman–Crippen MR) is 127 cm³/mol. The van der Waals surface area contributed by atoms with Crippen LogP contribution in [0.5, 0.6) is 0 Å². The van der Waals surface area contributed by atoms with Crippen molar-refractivity contribution in [1.82, 2.24) is 19.6 Å². The van der Waals surface area contributed by atoms with Crippen LogP contribution in [0.3, 0.4) is 0 Å². The fourth-order valence-electron chi connectivity index (χ4n) is 4.31. The molecule has 1 saturated heterocycles. The fourth-order valence-corrected chi connectivity index (χ4v) is 4.31. The van der Waals surface area contributed by atoms with E-state index in [0.717, 1.165) is 16.6 Å². The van der Waals surface area contributed by atoms with Crippen molar-refractivity contribution in [3.8, 4) is 11.3 Å². The minimum absolute atomic E-state index is 0.0106. The van der Waals surface area contributed by atoms with E-state index in [1.807, 2.05) is 41.3 Å². The second-order valence-electron chi connectivity index (χ2n) is 8.51. The molecule has 168 valence electrons. The summed E-state index contributed by atoms with van der Waals surface area (Å²) in [5.41, 5.74) is 3.47. The summed E-state index contributed by atoms with van der Waals surface area (Å²) in [7, 11) is 0. The molecule has 5 rings (SSSR count). The standard InChI is InChI=1S/C26H26N4O3/c1-18-7-9-20(10-8-18)24-22-5-3-4-6-23(22)26(32)30(27-24)17-28-12-14-29(15-13-28)25(31)21-11-16-33-19(21)2/h3-11,16H,12-15,17H2,1-2H3. The lowest BCUT2D eigenvalue weighted by Gasteiger charge is -2.34. The van der Waals surface area contributed by atoms with Crippen LogP contribution in [-0.2, 0) is 6.67 Å². The molecule has 2 aromatic carbocycles. The number of amides is 1. The Kier molecular flexibility index (Phi) is 5.56. The van der Waals surface area contributed by atoms with E-state index in [-0.39, 0.29) is 11.5 Å². The summed E-state index contributed by atoms with van der Waals surface area (Å²) in [4.78, 5) is 30.0. The first-order valence-corrected chi connectivity index (χ1v) is 11.1. The zero-order valence-corrected chi connectivity index (χ0v) is 18.8. The van der Waals surface area contributed by atoms with Crippen LogP contribution in [0.25, 0.3) is 22.0 Å². The quantitative estimate of drug-likeness (QED) is 0.482. The van der Waals surface area contributed by atoms with Gasteiger partial charge in [-0.05, 0) is 26.0 Å². The van der Waals surface area contributed by atoms with Gasteiger partial charge in [-0.3, -0.25) is 14.5 Å². The molecule has 1 fully saturated rings. The Morgan fingerprint density at radius 2 is 1.64 bits per heavy atom. The molecule has 2 aromatic heterocycles. The number of nitrogens with zero attached hydrogens (tertiary/aromatic N) is 4. The second-order valence-corrected chi connectivity index (χ2v) is 8.51. The van der Waals surface area contributed by atoms with Gasteiger partial charge in [0.2, 0.25) is 0 Å². The summed E-state index contributed by atoms with van der Waals surface area (Å²) >= 11 is 0. The molecule has 0 atom stereocenters. The summed E-state index contributed by atoms with van der Waals surface area (Å²) in [6, 6.07) is 17.5. The monoisotopic (exact) mass is 442 g/mol. The van der Waals surface area contributed by atoms with Gasteiger partial charge in [0.05, 0.1) is 29.6 Å². The average Bonchev–Trinajstić information content (AvgIpc) is 3.27. The Morgan fingerprint density at radius 3 is 2.30 bits per heavy atom. The van der Waals surface area contributed by atoms with Gasteiger partial charge in [0.15, 0.2) is 0 Å². The van der Waals surface area contributed by atoms with Gasteiger partial charge in [-0.1, -0.05) is 48.0 Å². The fraction of sp³-hybridized carbons (Fsp3) is 0.269. The van der Waals surface area contributed by atoms with Crippen LogP contribution < -0.4 is 5.56 Å². The van der Waals surface area contributed by atoms with E-state index in [0.29, 0.717) is 49.6 Å². The van der Waals surface area contributed by atoms with Crippen molar-refractivity contribution in [3.05, 3.63) is 88.1 Å². The normalized spacial score (nSPS) is 14.7. The van der Waals surface area contributed by atoms with E-state index in [4.69, 9.17) is 9.52 Å². The predicted octanol–water partition coefficient (Wildman–Crippen LogP) is 3.69. The number of furan rings is 1. The number of carbonyl (C=O) groups excluding carboxylic acids is 1. The number of aromatic nitrogens is 2. The average molecular weight is 443 g/mol. The number of hydrogen-bond acceptors (Lipinski definition) is 5. The molecular weight excluding hydrogens is 416 g/mol. The molecule has 0 unspecified atom stereocenters. The molecular formula is C26H26N4O3. The number of hydrogen-bond donors (Lipinski definition) is 0. The van der Waals surface area contributed by atoms with Crippen molar-refractivity contribution >= 4 is 16.7 Å². The molecule has 33 heavy (non-hydrogen) atoms. The molecule has 1 amide bonds. The SMILES string of the molecule is Cc1ccc(-c2nn(CN3CCN(C(=O)c4ccoc4C)CC3)c(=O)c3ccccc23)cc1. The second kappa shape index (κ2) is 8.67. The number of piperazine rings is 1. The van der Waals surface area contributed by atoms with Crippen LogP contribution in [0.2, 0.25) is 0 Å².